The van der Waals surface area contributed by atoms with Crippen LogP contribution in [0.5, 0.6) is 0 Å². The molecule has 0 saturated heterocycles. The van der Waals surface area contributed by atoms with E-state index in [1.54, 1.807) is 13.8 Å². The van der Waals surface area contributed by atoms with E-state index in [1.165, 1.54) is 6.08 Å². The molecule has 1 rings (SSSR count). The van der Waals surface area contributed by atoms with E-state index >= 15 is 0 Å². The molecule has 0 saturated carbocycles. The molecule has 1 heterocycles. The Labute approximate surface area is 130 Å². The summed E-state index contributed by atoms with van der Waals surface area (Å²) in [6.45, 7) is 18.7. The van der Waals surface area contributed by atoms with Gasteiger partial charge in [0.05, 0.1) is 12.2 Å². The molecule has 122 valence electrons. The zero-order chi connectivity index (χ0) is 16.6. The smallest absolute Gasteiger partial charge is 0.337 e. The number of ether oxygens (including phenoxy) is 2. The Bertz CT molecular complexity index is 432. The van der Waals surface area contributed by atoms with E-state index in [9.17, 15) is 4.79 Å². The van der Waals surface area contributed by atoms with Crippen LogP contribution in [0, 0.1) is 5.92 Å². The van der Waals surface area contributed by atoms with Gasteiger partial charge >= 0.3 is 5.97 Å². The van der Waals surface area contributed by atoms with Gasteiger partial charge in [0, 0.05) is 19.8 Å². The van der Waals surface area contributed by atoms with Gasteiger partial charge in [-0.05, 0) is 25.1 Å². The van der Waals surface area contributed by atoms with E-state index in [2.05, 4.69) is 33.9 Å². The Balaban J connectivity index is 2.84. The summed E-state index contributed by atoms with van der Waals surface area (Å²) >= 11 is 0. The highest BCUT2D eigenvalue weighted by Crippen LogP contribution is 2.39. The number of hydrogen-bond acceptors (Lipinski definition) is 4. The molecule has 0 unspecified atom stereocenters. The fourth-order valence-corrected chi connectivity index (χ4v) is 3.41. The molecule has 21 heavy (non-hydrogen) atoms. The van der Waals surface area contributed by atoms with Gasteiger partial charge in [0.15, 0.2) is 8.32 Å². The van der Waals surface area contributed by atoms with Gasteiger partial charge in [-0.25, -0.2) is 4.79 Å². The topological polar surface area (TPSA) is 44.8 Å². The van der Waals surface area contributed by atoms with Crippen molar-refractivity contribution in [3.8, 4) is 0 Å². The molecule has 2 atom stereocenters. The lowest BCUT2D eigenvalue weighted by Crippen LogP contribution is -2.45. The summed E-state index contributed by atoms with van der Waals surface area (Å²) < 4.78 is 17.3. The highest BCUT2D eigenvalue weighted by Gasteiger charge is 2.41. The summed E-state index contributed by atoms with van der Waals surface area (Å²) in [7, 11) is -1.85. The third-order valence-corrected chi connectivity index (χ3v) is 8.98. The first-order valence-corrected chi connectivity index (χ1v) is 10.5. The minimum absolute atomic E-state index is 0.00579. The third-order valence-electron chi connectivity index (χ3n) is 4.41. The molecule has 1 aliphatic heterocycles. The van der Waals surface area contributed by atoms with Gasteiger partial charge in [-0.15, -0.1) is 0 Å². The Morgan fingerprint density at radius 2 is 1.71 bits per heavy atom. The second kappa shape index (κ2) is 5.76. The van der Waals surface area contributed by atoms with Crippen LogP contribution in [0.3, 0.4) is 0 Å². The van der Waals surface area contributed by atoms with Gasteiger partial charge in [0.1, 0.15) is 5.76 Å². The quantitative estimate of drug-likeness (QED) is 0.575. The molecule has 0 aromatic heterocycles. The van der Waals surface area contributed by atoms with Crippen molar-refractivity contribution in [2.24, 2.45) is 5.92 Å². The minimum Gasteiger partial charge on any atom is -0.457 e. The zero-order valence-corrected chi connectivity index (χ0v) is 15.9. The third kappa shape index (κ3) is 4.58. The second-order valence-corrected chi connectivity index (χ2v) is 12.6. The molecule has 0 amide bonds. The average molecular weight is 314 g/mol. The Morgan fingerprint density at radius 1 is 1.19 bits per heavy atom. The lowest BCUT2D eigenvalue weighted by atomic mass is 10.0. The minimum atomic E-state index is -1.85. The van der Waals surface area contributed by atoms with Crippen molar-refractivity contribution in [1.29, 1.82) is 0 Å². The number of cyclic esters (lactones) is 1. The second-order valence-electron chi connectivity index (χ2n) is 7.84. The van der Waals surface area contributed by atoms with Crippen molar-refractivity contribution in [2.75, 3.05) is 0 Å². The summed E-state index contributed by atoms with van der Waals surface area (Å²) in [6.07, 6.45) is 1.42. The first-order valence-electron chi connectivity index (χ1n) is 7.56. The molecule has 0 bridgehead atoms. The molecule has 0 N–H and O–H groups in total. The molecule has 0 radical (unpaired) electrons. The van der Waals surface area contributed by atoms with Crippen LogP contribution in [0.2, 0.25) is 18.1 Å². The summed E-state index contributed by atoms with van der Waals surface area (Å²) in [5.41, 5.74) is 0. The largest absolute Gasteiger partial charge is 0.457 e. The molecule has 4 nitrogen and oxygen atoms in total. The van der Waals surface area contributed by atoms with Crippen LogP contribution < -0.4 is 0 Å². The van der Waals surface area contributed by atoms with E-state index in [1.807, 2.05) is 13.8 Å². The predicted octanol–water partition coefficient (Wildman–Crippen LogP) is 4.23. The van der Waals surface area contributed by atoms with E-state index in [0.29, 0.717) is 5.76 Å². The molecule has 1 aliphatic rings. The highest BCUT2D eigenvalue weighted by atomic mass is 28.4. The van der Waals surface area contributed by atoms with Gasteiger partial charge in [-0.3, -0.25) is 0 Å². The molecule has 0 fully saturated rings. The Hall–Kier alpha value is -0.813. The number of carbonyl (C=O) groups excluding carboxylic acids is 1. The fourth-order valence-electron chi connectivity index (χ4n) is 1.92. The van der Waals surface area contributed by atoms with Gasteiger partial charge in [-0.2, -0.15) is 0 Å². The fraction of sp³-hybridized carbons (Fsp3) is 0.812. The number of rotatable bonds is 4. The van der Waals surface area contributed by atoms with Crippen LogP contribution in [-0.4, -0.2) is 26.2 Å². The molecule has 0 aromatic carbocycles. The lowest BCUT2D eigenvalue weighted by Gasteiger charge is -2.41. The molecule has 0 aliphatic carbocycles. The SMILES string of the molecule is C[C@H](O[Si](C)(C)C(C)(C)C)[C@H](C)C1=CC(=O)OC(C)(C)O1. The highest BCUT2D eigenvalue weighted by molar-refractivity contribution is 6.74. The number of esters is 1. The maximum Gasteiger partial charge on any atom is 0.337 e. The van der Waals surface area contributed by atoms with Crippen molar-refractivity contribution < 1.29 is 18.7 Å². The van der Waals surface area contributed by atoms with E-state index in [0.717, 1.165) is 0 Å². The summed E-state index contributed by atoms with van der Waals surface area (Å²) in [4.78, 5) is 11.6. The Kier molecular flexibility index (Phi) is 5.00. The van der Waals surface area contributed by atoms with Crippen LogP contribution >= 0.6 is 0 Å². The van der Waals surface area contributed by atoms with Crippen molar-refractivity contribution in [1.82, 2.24) is 0 Å². The first kappa shape index (κ1) is 18.2. The van der Waals surface area contributed by atoms with Crippen LogP contribution in [0.4, 0.5) is 0 Å². The maximum absolute atomic E-state index is 11.6. The lowest BCUT2D eigenvalue weighted by molar-refractivity contribution is -0.209. The zero-order valence-electron chi connectivity index (χ0n) is 14.9. The normalized spacial score (nSPS) is 22.0. The van der Waals surface area contributed by atoms with Crippen molar-refractivity contribution >= 4 is 14.3 Å². The molecule has 0 aromatic rings. The monoisotopic (exact) mass is 314 g/mol. The number of hydrogen-bond donors (Lipinski definition) is 0. The summed E-state index contributed by atoms with van der Waals surface area (Å²) in [5, 5.41) is 0.154. The van der Waals surface area contributed by atoms with Gasteiger partial charge in [0.2, 0.25) is 5.79 Å². The number of carbonyl (C=O) groups is 1. The van der Waals surface area contributed by atoms with Gasteiger partial charge in [-0.1, -0.05) is 27.7 Å². The standard InChI is InChI=1S/C16H30O4Si/c1-11(12(2)20-21(8,9)15(3,4)5)13-10-14(17)19-16(6,7)18-13/h10-12H,1-9H3/t11-,12-/m0/s1. The van der Waals surface area contributed by atoms with Crippen molar-refractivity contribution in [3.05, 3.63) is 11.8 Å². The van der Waals surface area contributed by atoms with Crippen LogP contribution in [0.1, 0.15) is 48.5 Å². The van der Waals surface area contributed by atoms with Gasteiger partial charge < -0.3 is 13.9 Å². The molecule has 5 heteroatoms. The molecular weight excluding hydrogens is 284 g/mol. The van der Waals surface area contributed by atoms with E-state index < -0.39 is 14.1 Å². The predicted molar refractivity (Wildman–Crippen MR) is 86.2 cm³/mol. The van der Waals surface area contributed by atoms with E-state index in [-0.39, 0.29) is 23.0 Å². The molecule has 0 spiro atoms. The van der Waals surface area contributed by atoms with Crippen molar-refractivity contribution in [2.45, 2.75) is 78.5 Å². The summed E-state index contributed by atoms with van der Waals surface area (Å²) in [5.74, 6) is -0.618. The summed E-state index contributed by atoms with van der Waals surface area (Å²) in [6, 6.07) is 0. The van der Waals surface area contributed by atoms with E-state index in [4.69, 9.17) is 13.9 Å². The van der Waals surface area contributed by atoms with Gasteiger partial charge in [0.25, 0.3) is 0 Å². The van der Waals surface area contributed by atoms with Crippen LogP contribution in [-0.2, 0) is 18.7 Å². The molecular formula is C16H30O4Si. The average Bonchev–Trinajstić information content (AvgIpc) is 2.22. The van der Waals surface area contributed by atoms with Crippen molar-refractivity contribution in [3.63, 3.8) is 0 Å². The Morgan fingerprint density at radius 3 is 2.14 bits per heavy atom. The van der Waals surface area contributed by atoms with Crippen LogP contribution in [0.25, 0.3) is 0 Å². The maximum atomic E-state index is 11.6. The van der Waals surface area contributed by atoms with Crippen LogP contribution in [0.15, 0.2) is 11.8 Å². The first-order chi connectivity index (χ1) is 9.25.